The van der Waals surface area contributed by atoms with Crippen molar-refractivity contribution in [3.05, 3.63) is 23.2 Å². The van der Waals surface area contributed by atoms with Crippen LogP contribution in [0.5, 0.6) is 0 Å². The summed E-state index contributed by atoms with van der Waals surface area (Å²) < 4.78 is 46.4. The summed E-state index contributed by atoms with van der Waals surface area (Å²) in [7, 11) is 1.95. The molecule has 0 unspecified atom stereocenters. The van der Waals surface area contributed by atoms with Crippen LogP contribution in [0.1, 0.15) is 44.6 Å². The highest BCUT2D eigenvalue weighted by Gasteiger charge is 2.46. The zero-order valence-electron chi connectivity index (χ0n) is 18.3. The molecule has 0 aromatic carbocycles. The van der Waals surface area contributed by atoms with E-state index < -0.39 is 29.4 Å². The van der Waals surface area contributed by atoms with Gasteiger partial charge in [0.1, 0.15) is 17.0 Å². The summed E-state index contributed by atoms with van der Waals surface area (Å²) in [6, 6.07) is -0.362. The number of halogens is 3. The van der Waals surface area contributed by atoms with Gasteiger partial charge in [-0.3, -0.25) is 10.00 Å². The first-order chi connectivity index (χ1) is 14.3. The number of likely N-dealkylation sites (N-methyl/N-ethyl adjacent to an activating group) is 1. The molecular formula is C20H28F3N5O3. The molecule has 1 aromatic rings. The van der Waals surface area contributed by atoms with Gasteiger partial charge in [-0.1, -0.05) is 13.8 Å². The second-order valence-electron chi connectivity index (χ2n) is 8.90. The molecule has 8 nitrogen and oxygen atoms in total. The highest BCUT2D eigenvalue weighted by atomic mass is 19.4. The molecule has 2 aliphatic rings. The molecule has 2 aliphatic heterocycles. The lowest BCUT2D eigenvalue weighted by atomic mass is 9.82. The third kappa shape index (κ3) is 4.70. The van der Waals surface area contributed by atoms with Crippen LogP contribution in [0.4, 0.5) is 18.0 Å². The number of nitrogens with zero attached hydrogens (tertiary/aromatic N) is 4. The van der Waals surface area contributed by atoms with Crippen LogP contribution in [-0.2, 0) is 21.1 Å². The van der Waals surface area contributed by atoms with E-state index in [4.69, 9.17) is 4.74 Å². The molecule has 0 atom stereocenters. The number of nitrogens with one attached hydrogen (secondary N) is 1. The van der Waals surface area contributed by atoms with E-state index in [1.807, 2.05) is 12.1 Å². The Morgan fingerprint density at radius 2 is 1.81 bits per heavy atom. The summed E-state index contributed by atoms with van der Waals surface area (Å²) in [4.78, 5) is 31.1. The molecule has 11 heteroatoms. The topological polar surface area (TPSA) is 81.8 Å². The fraction of sp³-hybridized carbons (Fsp3) is 0.650. The second-order valence-corrected chi connectivity index (χ2v) is 8.90. The van der Waals surface area contributed by atoms with Crippen LogP contribution in [-0.4, -0.2) is 82.8 Å². The van der Waals surface area contributed by atoms with Gasteiger partial charge in [0.05, 0.1) is 6.10 Å². The van der Waals surface area contributed by atoms with Crippen molar-refractivity contribution >= 4 is 17.6 Å². The van der Waals surface area contributed by atoms with Crippen LogP contribution in [0.25, 0.3) is 5.57 Å². The minimum atomic E-state index is -4.69. The minimum Gasteiger partial charge on any atom is -0.459 e. The molecule has 1 aromatic heterocycles. The van der Waals surface area contributed by atoms with E-state index >= 15 is 0 Å². The largest absolute Gasteiger partial charge is 0.459 e. The highest BCUT2D eigenvalue weighted by Crippen LogP contribution is 2.42. The Balaban J connectivity index is 2.07. The van der Waals surface area contributed by atoms with Gasteiger partial charge in [0.2, 0.25) is 0 Å². The van der Waals surface area contributed by atoms with E-state index in [9.17, 15) is 22.8 Å². The van der Waals surface area contributed by atoms with Gasteiger partial charge in [-0.15, -0.1) is 0 Å². The van der Waals surface area contributed by atoms with E-state index in [1.54, 1.807) is 32.6 Å². The van der Waals surface area contributed by atoms with Crippen LogP contribution in [0.3, 0.4) is 0 Å². The van der Waals surface area contributed by atoms with Crippen LogP contribution >= 0.6 is 0 Å². The number of fused-ring (bicyclic) bond motifs is 1. The van der Waals surface area contributed by atoms with Crippen LogP contribution in [0.2, 0.25) is 0 Å². The van der Waals surface area contributed by atoms with Gasteiger partial charge in [0.15, 0.2) is 0 Å². The van der Waals surface area contributed by atoms with Crippen LogP contribution in [0.15, 0.2) is 6.20 Å². The van der Waals surface area contributed by atoms with Crippen molar-refractivity contribution in [2.24, 2.45) is 0 Å². The van der Waals surface area contributed by atoms with Gasteiger partial charge in [-0.2, -0.15) is 18.3 Å². The number of aromatic nitrogens is 2. The first-order valence-corrected chi connectivity index (χ1v) is 10.1. The van der Waals surface area contributed by atoms with Gasteiger partial charge >= 0.3 is 18.2 Å². The van der Waals surface area contributed by atoms with Crippen molar-refractivity contribution < 1.29 is 27.5 Å². The Morgan fingerprint density at radius 1 is 1.19 bits per heavy atom. The Labute approximate surface area is 179 Å². The maximum absolute atomic E-state index is 13.7. The number of carbonyl (C=O) groups is 2. The third-order valence-electron chi connectivity index (χ3n) is 5.41. The van der Waals surface area contributed by atoms with Crippen molar-refractivity contribution in [3.63, 3.8) is 0 Å². The van der Waals surface area contributed by atoms with E-state index in [0.717, 1.165) is 0 Å². The van der Waals surface area contributed by atoms with Gasteiger partial charge in [0, 0.05) is 49.9 Å². The number of hydrogen-bond donors (Lipinski definition) is 1. The standard InChI is InChI=1S/C20H28F3N5O3/c1-12(2)31-17(29)13-10-28(18(30)27-8-6-26(5)7-9-27)11-19(3,4)14-15(13)24-25-16(14)20(21,22)23/h10,12H,6-9,11H2,1-5H3,(H,24,25). The van der Waals surface area contributed by atoms with E-state index in [1.165, 1.54) is 11.1 Å². The molecule has 3 rings (SSSR count). The Kier molecular flexibility index (Phi) is 6.09. The molecule has 31 heavy (non-hydrogen) atoms. The summed E-state index contributed by atoms with van der Waals surface area (Å²) in [6.45, 7) is 8.79. The Morgan fingerprint density at radius 3 is 2.35 bits per heavy atom. The molecular weight excluding hydrogens is 415 g/mol. The van der Waals surface area contributed by atoms with Gasteiger partial charge in [-0.05, 0) is 20.9 Å². The number of aromatic amines is 1. The Bertz CT molecular complexity index is 883. The number of urea groups is 1. The van der Waals surface area contributed by atoms with E-state index in [-0.39, 0.29) is 29.4 Å². The number of alkyl halides is 3. The smallest absolute Gasteiger partial charge is 0.433 e. The number of carbonyl (C=O) groups excluding carboxylic acids is 2. The molecule has 1 fully saturated rings. The molecule has 0 spiro atoms. The predicted molar refractivity (Wildman–Crippen MR) is 107 cm³/mol. The first kappa shape index (κ1) is 23.1. The third-order valence-corrected chi connectivity index (χ3v) is 5.41. The maximum atomic E-state index is 13.7. The second kappa shape index (κ2) is 8.18. The molecule has 0 saturated carbocycles. The zero-order valence-corrected chi connectivity index (χ0v) is 18.3. The molecule has 172 valence electrons. The highest BCUT2D eigenvalue weighted by molar-refractivity contribution is 6.17. The normalized spacial score (nSPS) is 19.7. The van der Waals surface area contributed by atoms with E-state index in [2.05, 4.69) is 10.00 Å². The van der Waals surface area contributed by atoms with Crippen molar-refractivity contribution in [2.45, 2.75) is 45.4 Å². The number of ether oxygens (including phenoxy) is 1. The molecule has 2 amide bonds. The van der Waals surface area contributed by atoms with Gasteiger partial charge in [0.25, 0.3) is 0 Å². The maximum Gasteiger partial charge on any atom is 0.433 e. The number of H-pyrrole nitrogens is 1. The zero-order chi connectivity index (χ0) is 23.1. The Hall–Kier alpha value is -2.56. The monoisotopic (exact) mass is 443 g/mol. The van der Waals surface area contributed by atoms with Gasteiger partial charge < -0.3 is 14.5 Å². The average molecular weight is 443 g/mol. The summed E-state index contributed by atoms with van der Waals surface area (Å²) in [5.41, 5.74) is -2.63. The lowest BCUT2D eigenvalue weighted by Gasteiger charge is -2.37. The summed E-state index contributed by atoms with van der Waals surface area (Å²) in [6.07, 6.45) is -3.91. The quantitative estimate of drug-likeness (QED) is 0.711. The van der Waals surface area contributed by atoms with Crippen molar-refractivity contribution in [1.82, 2.24) is 24.9 Å². The SMILES string of the molecule is CC(C)OC(=O)C1=CN(C(=O)N2CCN(C)CC2)CC(C)(C)c2c1n[nH]c2C(F)(F)F. The number of piperazine rings is 1. The molecule has 0 bridgehead atoms. The van der Waals surface area contributed by atoms with Crippen LogP contribution in [0, 0.1) is 0 Å². The van der Waals surface area contributed by atoms with Gasteiger partial charge in [-0.25, -0.2) is 9.59 Å². The summed E-state index contributed by atoms with van der Waals surface area (Å²) in [5, 5.41) is 5.88. The van der Waals surface area contributed by atoms with E-state index in [0.29, 0.717) is 26.2 Å². The van der Waals surface area contributed by atoms with Crippen molar-refractivity contribution in [1.29, 1.82) is 0 Å². The predicted octanol–water partition coefficient (Wildman–Crippen LogP) is 2.68. The average Bonchev–Trinajstić information content (AvgIpc) is 3.06. The van der Waals surface area contributed by atoms with Crippen LogP contribution < -0.4 is 0 Å². The number of hydrogen-bond acceptors (Lipinski definition) is 5. The summed E-state index contributed by atoms with van der Waals surface area (Å²) >= 11 is 0. The lowest BCUT2D eigenvalue weighted by Crippen LogP contribution is -2.52. The van der Waals surface area contributed by atoms with Crippen molar-refractivity contribution in [2.75, 3.05) is 39.8 Å². The molecule has 3 heterocycles. The first-order valence-electron chi connectivity index (χ1n) is 10.1. The fourth-order valence-corrected chi connectivity index (χ4v) is 3.90. The number of rotatable bonds is 2. The fourth-order valence-electron chi connectivity index (χ4n) is 3.90. The number of amides is 2. The summed E-state index contributed by atoms with van der Waals surface area (Å²) in [5.74, 6) is -0.828. The lowest BCUT2D eigenvalue weighted by molar-refractivity contribution is -0.142. The van der Waals surface area contributed by atoms with Crippen molar-refractivity contribution in [3.8, 4) is 0 Å². The minimum absolute atomic E-state index is 0.0494. The molecule has 0 radical (unpaired) electrons. The molecule has 1 N–H and O–H groups in total. The molecule has 1 saturated heterocycles. The molecule has 0 aliphatic carbocycles. The number of esters is 1.